The molecule has 28 heavy (non-hydrogen) atoms. The molecule has 2 heterocycles. The molecule has 1 saturated heterocycles. The minimum Gasteiger partial charge on any atom is -0.316 e. The van der Waals surface area contributed by atoms with Crippen molar-refractivity contribution in [3.63, 3.8) is 0 Å². The van der Waals surface area contributed by atoms with Gasteiger partial charge in [-0.2, -0.15) is 0 Å². The SMILES string of the molecule is O=C[B]CC1CCN(Cc2cc3c(-c4ccccc4)cncc3cc2Cl)CC1. The van der Waals surface area contributed by atoms with Crippen LogP contribution in [0.5, 0.6) is 0 Å². The number of carbonyl (C=O) groups is 1. The van der Waals surface area contributed by atoms with Gasteiger partial charge in [0.05, 0.1) is 6.19 Å². The van der Waals surface area contributed by atoms with Gasteiger partial charge in [-0.1, -0.05) is 48.3 Å². The third kappa shape index (κ3) is 4.29. The normalized spacial score (nSPS) is 15.6. The first-order valence-electron chi connectivity index (χ1n) is 9.85. The number of benzene rings is 2. The number of halogens is 1. The molecule has 1 aliphatic heterocycles. The Bertz CT molecular complexity index is 955. The summed E-state index contributed by atoms with van der Waals surface area (Å²) in [7, 11) is 1.75. The fourth-order valence-corrected chi connectivity index (χ4v) is 4.31. The van der Waals surface area contributed by atoms with E-state index in [2.05, 4.69) is 40.2 Å². The number of aromatic nitrogens is 1. The van der Waals surface area contributed by atoms with Crippen LogP contribution in [0, 0.1) is 5.92 Å². The molecule has 0 aliphatic carbocycles. The second-order valence-electron chi connectivity index (χ2n) is 7.54. The zero-order chi connectivity index (χ0) is 19.3. The first-order chi connectivity index (χ1) is 13.7. The predicted molar refractivity (Wildman–Crippen MR) is 118 cm³/mol. The molecule has 0 N–H and O–H groups in total. The Morgan fingerprint density at radius 1 is 1.14 bits per heavy atom. The van der Waals surface area contributed by atoms with Crippen molar-refractivity contribution in [2.45, 2.75) is 25.7 Å². The third-order valence-electron chi connectivity index (χ3n) is 5.68. The Balaban J connectivity index is 1.57. The van der Waals surface area contributed by atoms with Gasteiger partial charge in [0.25, 0.3) is 0 Å². The van der Waals surface area contributed by atoms with Gasteiger partial charge in [0.15, 0.2) is 7.28 Å². The van der Waals surface area contributed by atoms with Gasteiger partial charge in [0.2, 0.25) is 0 Å². The standard InChI is InChI=1S/C23H23BClN2O/c25-23-11-19-13-26-14-22(18-4-2-1-3-5-18)21(19)10-20(23)15-27-8-6-17(7-9-27)12-24-16-28/h1-5,10-11,13-14,16-17H,6-9,12,15H2. The number of pyridine rings is 1. The minimum absolute atomic E-state index is 0.629. The molecule has 0 spiro atoms. The summed E-state index contributed by atoms with van der Waals surface area (Å²) in [5, 5.41) is 3.06. The Kier molecular flexibility index (Phi) is 6.09. The Labute approximate surface area is 172 Å². The number of likely N-dealkylation sites (tertiary alicyclic amines) is 1. The van der Waals surface area contributed by atoms with E-state index in [1.807, 2.05) is 24.5 Å². The molecule has 141 valence electrons. The summed E-state index contributed by atoms with van der Waals surface area (Å²) in [5.74, 6) is 0.629. The van der Waals surface area contributed by atoms with Crippen LogP contribution in [-0.4, -0.2) is 36.4 Å². The van der Waals surface area contributed by atoms with Crippen LogP contribution in [0.2, 0.25) is 11.3 Å². The molecule has 3 aromatic rings. The zero-order valence-electron chi connectivity index (χ0n) is 15.9. The van der Waals surface area contributed by atoms with Gasteiger partial charge in [0, 0.05) is 34.9 Å². The summed E-state index contributed by atoms with van der Waals surface area (Å²) in [6, 6.07) is 14.6. The number of hydrogen-bond donors (Lipinski definition) is 0. The average Bonchev–Trinajstić information content (AvgIpc) is 2.74. The van der Waals surface area contributed by atoms with E-state index in [1.54, 1.807) is 7.28 Å². The monoisotopic (exact) mass is 389 g/mol. The van der Waals surface area contributed by atoms with E-state index in [4.69, 9.17) is 11.6 Å². The molecule has 1 aromatic heterocycles. The highest BCUT2D eigenvalue weighted by Crippen LogP contribution is 2.32. The van der Waals surface area contributed by atoms with Crippen LogP contribution in [0.4, 0.5) is 0 Å². The maximum absolute atomic E-state index is 10.5. The number of carbonyl (C=O) groups excluding carboxylic acids is 1. The highest BCUT2D eigenvalue weighted by atomic mass is 35.5. The lowest BCUT2D eigenvalue weighted by atomic mass is 9.69. The number of fused-ring (bicyclic) bond motifs is 1. The fraction of sp³-hybridized carbons (Fsp3) is 0.304. The van der Waals surface area contributed by atoms with E-state index in [-0.39, 0.29) is 0 Å². The third-order valence-corrected chi connectivity index (χ3v) is 6.03. The number of nitrogens with zero attached hydrogens (tertiary/aromatic N) is 2. The largest absolute Gasteiger partial charge is 0.316 e. The van der Waals surface area contributed by atoms with E-state index in [0.717, 1.165) is 66.5 Å². The molecular weight excluding hydrogens is 367 g/mol. The van der Waals surface area contributed by atoms with E-state index in [1.165, 1.54) is 10.9 Å². The predicted octanol–water partition coefficient (Wildman–Crippen LogP) is 5.08. The maximum atomic E-state index is 10.5. The summed E-state index contributed by atoms with van der Waals surface area (Å²) >= 11 is 6.62. The minimum atomic E-state index is 0.629. The van der Waals surface area contributed by atoms with Crippen molar-refractivity contribution in [3.8, 4) is 11.1 Å². The van der Waals surface area contributed by atoms with Crippen molar-refractivity contribution in [3.05, 3.63) is 65.4 Å². The van der Waals surface area contributed by atoms with Crippen LogP contribution in [0.25, 0.3) is 21.9 Å². The van der Waals surface area contributed by atoms with Crippen molar-refractivity contribution in [2.75, 3.05) is 13.1 Å². The van der Waals surface area contributed by atoms with Crippen molar-refractivity contribution >= 4 is 35.8 Å². The molecule has 1 aliphatic rings. The molecule has 0 saturated carbocycles. The molecule has 0 atom stereocenters. The van der Waals surface area contributed by atoms with Crippen molar-refractivity contribution in [1.82, 2.24) is 9.88 Å². The quantitative estimate of drug-likeness (QED) is 0.435. The Hall–Kier alpha value is -2.17. The molecule has 1 fully saturated rings. The lowest BCUT2D eigenvalue weighted by Gasteiger charge is -2.32. The summed E-state index contributed by atoms with van der Waals surface area (Å²) in [5.41, 5.74) is 3.47. The van der Waals surface area contributed by atoms with Crippen LogP contribution in [0.3, 0.4) is 0 Å². The molecule has 4 rings (SSSR count). The first-order valence-corrected chi connectivity index (χ1v) is 10.2. The fourth-order valence-electron chi connectivity index (χ4n) is 4.07. The second kappa shape index (κ2) is 8.89. The summed E-state index contributed by atoms with van der Waals surface area (Å²) in [4.78, 5) is 17.4. The molecule has 3 nitrogen and oxygen atoms in total. The summed E-state index contributed by atoms with van der Waals surface area (Å²) < 4.78 is 0. The smallest absolute Gasteiger partial charge is 0.197 e. The highest BCUT2D eigenvalue weighted by molar-refractivity contribution is 6.66. The van der Waals surface area contributed by atoms with Gasteiger partial charge in [-0.05, 0) is 60.5 Å². The van der Waals surface area contributed by atoms with Crippen LogP contribution < -0.4 is 0 Å². The molecule has 0 amide bonds. The van der Waals surface area contributed by atoms with E-state index < -0.39 is 0 Å². The van der Waals surface area contributed by atoms with E-state index in [9.17, 15) is 4.79 Å². The number of rotatable bonds is 6. The van der Waals surface area contributed by atoms with Gasteiger partial charge < -0.3 is 4.79 Å². The first kappa shape index (κ1) is 19.2. The molecular formula is C23H23BClN2O. The highest BCUT2D eigenvalue weighted by Gasteiger charge is 2.20. The van der Waals surface area contributed by atoms with Crippen molar-refractivity contribution in [1.29, 1.82) is 0 Å². The molecule has 1 radical (unpaired) electrons. The number of hydrogen-bond acceptors (Lipinski definition) is 3. The second-order valence-corrected chi connectivity index (χ2v) is 7.95. The molecule has 5 heteroatoms. The van der Waals surface area contributed by atoms with Crippen molar-refractivity contribution < 1.29 is 4.79 Å². The van der Waals surface area contributed by atoms with Crippen LogP contribution >= 0.6 is 11.6 Å². The molecule has 2 aromatic carbocycles. The molecule has 0 unspecified atom stereocenters. The van der Waals surface area contributed by atoms with Gasteiger partial charge in [-0.3, -0.25) is 9.88 Å². The summed E-state index contributed by atoms with van der Waals surface area (Å²) in [6.45, 7) is 2.96. The van der Waals surface area contributed by atoms with Gasteiger partial charge >= 0.3 is 0 Å². The lowest BCUT2D eigenvalue weighted by molar-refractivity contribution is 0.185. The van der Waals surface area contributed by atoms with Crippen molar-refractivity contribution in [2.24, 2.45) is 5.92 Å². The zero-order valence-corrected chi connectivity index (χ0v) is 16.6. The maximum Gasteiger partial charge on any atom is 0.197 e. The number of piperidine rings is 1. The lowest BCUT2D eigenvalue weighted by Crippen LogP contribution is -2.33. The average molecular weight is 390 g/mol. The summed E-state index contributed by atoms with van der Waals surface area (Å²) in [6.07, 6.45) is 7.90. The van der Waals surface area contributed by atoms with Crippen LogP contribution in [0.15, 0.2) is 54.9 Å². The van der Waals surface area contributed by atoms with Crippen LogP contribution in [0.1, 0.15) is 18.4 Å². The Morgan fingerprint density at radius 3 is 2.68 bits per heavy atom. The van der Waals surface area contributed by atoms with E-state index in [0.29, 0.717) is 5.92 Å². The van der Waals surface area contributed by atoms with Gasteiger partial charge in [0.1, 0.15) is 0 Å². The van der Waals surface area contributed by atoms with E-state index >= 15 is 0 Å². The molecule has 0 bridgehead atoms. The Morgan fingerprint density at radius 2 is 1.93 bits per heavy atom. The van der Waals surface area contributed by atoms with Gasteiger partial charge in [-0.25, -0.2) is 0 Å². The topological polar surface area (TPSA) is 33.2 Å². The van der Waals surface area contributed by atoms with Gasteiger partial charge in [-0.15, -0.1) is 0 Å². The van der Waals surface area contributed by atoms with Crippen LogP contribution in [-0.2, 0) is 11.3 Å².